The summed E-state index contributed by atoms with van der Waals surface area (Å²) in [6.45, 7) is 11.5. The molecule has 6 nitrogen and oxygen atoms in total. The fourth-order valence-electron chi connectivity index (χ4n) is 5.67. The van der Waals surface area contributed by atoms with Gasteiger partial charge in [0, 0.05) is 26.2 Å². The lowest BCUT2D eigenvalue weighted by Crippen LogP contribution is -2.35. The quantitative estimate of drug-likeness (QED) is 0.126. The van der Waals surface area contributed by atoms with E-state index >= 15 is 0 Å². The molecule has 48 heavy (non-hydrogen) atoms. The normalized spacial score (nSPS) is 12.0. The van der Waals surface area contributed by atoms with Crippen molar-refractivity contribution in [1.82, 2.24) is 5.32 Å². The third kappa shape index (κ3) is 11.2. The molecule has 0 heterocycles. The first-order valence-electron chi connectivity index (χ1n) is 16.4. The van der Waals surface area contributed by atoms with Crippen molar-refractivity contribution in [2.24, 2.45) is 0 Å². The fraction of sp³-hybridized carbons (Fsp3) is 0.375. The van der Waals surface area contributed by atoms with Gasteiger partial charge in [-0.2, -0.15) is 0 Å². The van der Waals surface area contributed by atoms with E-state index in [4.69, 9.17) is 42.1 Å². The Bertz CT molecular complexity index is 1630. The molecule has 8 heteroatoms. The summed E-state index contributed by atoms with van der Waals surface area (Å²) in [4.78, 5) is 12.6. The highest BCUT2D eigenvalue weighted by Gasteiger charge is 2.21. The van der Waals surface area contributed by atoms with Gasteiger partial charge in [-0.05, 0) is 117 Å². The minimum absolute atomic E-state index is 0.0210. The van der Waals surface area contributed by atoms with E-state index in [1.807, 2.05) is 52.0 Å². The van der Waals surface area contributed by atoms with Crippen LogP contribution in [0, 0.1) is 13.8 Å². The molecule has 1 amide bonds. The van der Waals surface area contributed by atoms with E-state index in [2.05, 4.69) is 66.8 Å². The summed E-state index contributed by atoms with van der Waals surface area (Å²) in [5, 5.41) is 3.97. The highest BCUT2D eigenvalue weighted by atomic mass is 35.5. The number of alkyl carbamates (subject to hydrolysis) is 1. The van der Waals surface area contributed by atoms with Gasteiger partial charge in [0.05, 0.1) is 10.0 Å². The zero-order valence-electron chi connectivity index (χ0n) is 28.8. The van der Waals surface area contributed by atoms with Crippen molar-refractivity contribution in [3.05, 3.63) is 117 Å². The van der Waals surface area contributed by atoms with Crippen LogP contribution < -0.4 is 14.8 Å². The molecule has 4 rings (SSSR count). The average molecular weight is 693 g/mol. The third-order valence-corrected chi connectivity index (χ3v) is 8.43. The monoisotopic (exact) mass is 691 g/mol. The number of carbonyl (C=O) groups is 1. The highest BCUT2D eigenvalue weighted by Crippen LogP contribution is 2.34. The summed E-state index contributed by atoms with van der Waals surface area (Å²) in [7, 11) is 1.74. The van der Waals surface area contributed by atoms with E-state index < -0.39 is 11.7 Å². The van der Waals surface area contributed by atoms with Gasteiger partial charge in [-0.3, -0.25) is 0 Å². The summed E-state index contributed by atoms with van der Waals surface area (Å²) in [6.07, 6.45) is 2.22. The first-order valence-corrected chi connectivity index (χ1v) is 17.1. The van der Waals surface area contributed by atoms with Crippen LogP contribution in [0.5, 0.6) is 11.5 Å². The second-order valence-corrected chi connectivity index (χ2v) is 13.8. The standard InChI is InChI=1S/C40H47Cl2NO5/c1-27-22-36(41)38(37(42)23-27)47-21-20-46-33-16-13-29(14-17-33)25-32(26-43-39(44)48-40(3,4)5)34-18-15-31(24-28(34)2)35-12-8-7-10-30(35)11-9-19-45-6/h7-8,10,12-18,22-24,32H,9,11,19-21,25-26H2,1-6H3,(H,43,44). The molecule has 0 aliphatic rings. The molecule has 0 saturated heterocycles. The topological polar surface area (TPSA) is 66.0 Å². The number of halogens is 2. The number of nitrogens with one attached hydrogen (secondary N) is 1. The van der Waals surface area contributed by atoms with Gasteiger partial charge in [-0.1, -0.05) is 77.8 Å². The van der Waals surface area contributed by atoms with Crippen LogP contribution in [0.3, 0.4) is 0 Å². The Morgan fingerprint density at radius 1 is 0.854 bits per heavy atom. The predicted octanol–water partition coefficient (Wildman–Crippen LogP) is 10.2. The van der Waals surface area contributed by atoms with E-state index in [9.17, 15) is 4.79 Å². The van der Waals surface area contributed by atoms with Crippen LogP contribution in [-0.4, -0.2) is 45.2 Å². The molecule has 1 N–H and O–H groups in total. The second kappa shape index (κ2) is 17.6. The van der Waals surface area contributed by atoms with E-state index in [1.165, 1.54) is 27.8 Å². The van der Waals surface area contributed by atoms with Crippen molar-refractivity contribution in [3.63, 3.8) is 0 Å². The number of hydrogen-bond acceptors (Lipinski definition) is 5. The fourth-order valence-corrected chi connectivity index (χ4v) is 6.38. The summed E-state index contributed by atoms with van der Waals surface area (Å²) in [5.74, 6) is 1.22. The van der Waals surface area contributed by atoms with Gasteiger partial charge >= 0.3 is 6.09 Å². The number of rotatable bonds is 15. The number of carbonyl (C=O) groups excluding carboxylic acids is 1. The van der Waals surface area contributed by atoms with Crippen molar-refractivity contribution in [2.45, 2.75) is 65.4 Å². The van der Waals surface area contributed by atoms with Crippen LogP contribution in [0.2, 0.25) is 10.0 Å². The van der Waals surface area contributed by atoms with Crippen LogP contribution in [0.15, 0.2) is 78.9 Å². The largest absolute Gasteiger partial charge is 0.490 e. The molecule has 0 aromatic heterocycles. The molecule has 1 atom stereocenters. The lowest BCUT2D eigenvalue weighted by Gasteiger charge is -2.24. The van der Waals surface area contributed by atoms with E-state index in [0.29, 0.717) is 35.6 Å². The highest BCUT2D eigenvalue weighted by molar-refractivity contribution is 6.37. The van der Waals surface area contributed by atoms with Crippen LogP contribution in [0.4, 0.5) is 4.79 Å². The molecule has 0 bridgehead atoms. The molecule has 0 spiro atoms. The van der Waals surface area contributed by atoms with Crippen LogP contribution >= 0.6 is 23.2 Å². The Balaban J connectivity index is 1.46. The minimum atomic E-state index is -0.576. The number of hydrogen-bond donors (Lipinski definition) is 1. The van der Waals surface area contributed by atoms with E-state index in [1.54, 1.807) is 7.11 Å². The maximum absolute atomic E-state index is 12.6. The number of amides is 1. The van der Waals surface area contributed by atoms with Gasteiger partial charge in [-0.15, -0.1) is 0 Å². The predicted molar refractivity (Wildman–Crippen MR) is 196 cm³/mol. The molecule has 0 aliphatic heterocycles. The Kier molecular flexibility index (Phi) is 13.6. The van der Waals surface area contributed by atoms with Crippen LogP contribution in [0.25, 0.3) is 11.1 Å². The Morgan fingerprint density at radius 3 is 2.21 bits per heavy atom. The van der Waals surface area contributed by atoms with Crippen LogP contribution in [0.1, 0.15) is 60.9 Å². The van der Waals surface area contributed by atoms with E-state index in [-0.39, 0.29) is 5.92 Å². The lowest BCUT2D eigenvalue weighted by molar-refractivity contribution is 0.0524. The Morgan fingerprint density at radius 2 is 1.54 bits per heavy atom. The zero-order chi connectivity index (χ0) is 34.7. The Labute approximate surface area is 295 Å². The van der Waals surface area contributed by atoms with Crippen molar-refractivity contribution in [3.8, 4) is 22.6 Å². The SMILES string of the molecule is COCCCc1ccccc1-c1ccc(C(CNC(=O)OC(C)(C)C)Cc2ccc(OCCOc3c(Cl)cc(C)cc3Cl)cc2)c(C)c1. The molecule has 0 aliphatic carbocycles. The van der Waals surface area contributed by atoms with Crippen molar-refractivity contribution >= 4 is 29.3 Å². The molecule has 256 valence electrons. The first kappa shape index (κ1) is 37.1. The molecule has 4 aromatic carbocycles. The summed E-state index contributed by atoms with van der Waals surface area (Å²) >= 11 is 12.6. The van der Waals surface area contributed by atoms with Crippen molar-refractivity contribution in [2.75, 3.05) is 33.5 Å². The smallest absolute Gasteiger partial charge is 0.407 e. The van der Waals surface area contributed by atoms with Gasteiger partial charge in [0.15, 0.2) is 5.75 Å². The molecule has 1 unspecified atom stereocenters. The molecule has 0 fully saturated rings. The van der Waals surface area contributed by atoms with Crippen molar-refractivity contribution < 1.29 is 23.7 Å². The number of methoxy groups -OCH3 is 1. The molecular formula is C40H47Cl2NO5. The van der Waals surface area contributed by atoms with Crippen LogP contribution in [-0.2, 0) is 22.3 Å². The second-order valence-electron chi connectivity index (χ2n) is 13.0. The van der Waals surface area contributed by atoms with Gasteiger partial charge in [-0.25, -0.2) is 4.79 Å². The maximum Gasteiger partial charge on any atom is 0.407 e. The third-order valence-electron chi connectivity index (χ3n) is 7.87. The zero-order valence-corrected chi connectivity index (χ0v) is 30.3. The summed E-state index contributed by atoms with van der Waals surface area (Å²) in [5.41, 5.74) is 7.59. The Hall–Kier alpha value is -3.71. The lowest BCUT2D eigenvalue weighted by atomic mass is 9.86. The molecule has 4 aromatic rings. The minimum Gasteiger partial charge on any atom is -0.490 e. The number of ether oxygens (including phenoxy) is 4. The van der Waals surface area contributed by atoms with Crippen molar-refractivity contribution in [1.29, 1.82) is 0 Å². The maximum atomic E-state index is 12.6. The van der Waals surface area contributed by atoms with Gasteiger partial charge < -0.3 is 24.3 Å². The van der Waals surface area contributed by atoms with Gasteiger partial charge in [0.25, 0.3) is 0 Å². The summed E-state index contributed by atoms with van der Waals surface area (Å²) in [6, 6.07) is 26.8. The molecule has 0 radical (unpaired) electrons. The van der Waals surface area contributed by atoms with Gasteiger partial charge in [0.2, 0.25) is 0 Å². The summed E-state index contributed by atoms with van der Waals surface area (Å²) < 4.78 is 22.5. The first-order chi connectivity index (χ1) is 22.9. The number of benzene rings is 4. The molecule has 0 saturated carbocycles. The average Bonchev–Trinajstić information content (AvgIpc) is 3.02. The number of aryl methyl sites for hydroxylation is 3. The van der Waals surface area contributed by atoms with Gasteiger partial charge in [0.1, 0.15) is 24.6 Å². The molecular weight excluding hydrogens is 645 g/mol. The van der Waals surface area contributed by atoms with E-state index in [0.717, 1.165) is 42.7 Å².